The second-order valence-corrected chi connectivity index (χ2v) is 22.5. The Hall–Kier alpha value is -2.31. The van der Waals surface area contributed by atoms with Crippen LogP contribution in [0.4, 0.5) is 0 Å². The second kappa shape index (κ2) is 50.2. The van der Waals surface area contributed by atoms with Gasteiger partial charge in [0.1, 0.15) is 48.8 Å². The standard InChI is InChI=1S/C65H117NO13/c1-3-5-7-9-11-13-15-17-19-21-23-24-25-26-27-28-29-31-32-34-36-38-40-42-44-46-48-54(69)53(66-57(70)49-47-45-43-41-39-37-35-33-30-22-20-18-16-14-12-10-8-6-4-2)52-76-64-62(75)60(73)63(56(51-68)78-64)79-65-61(74)59(72)58(71)55(50-67)77-65/h6,8,12,14,18,20,30,33,37,39,53-56,58-65,67-69,71-75H,3-5,7,9-11,13,15-17,19,21-29,31-32,34-36,38,40-52H2,1-2H3,(H,66,70)/b8-6-,14-12-,20-18-,33-30-,39-37-. The number of carbonyl (C=O) groups is 1. The Morgan fingerprint density at radius 1 is 0.468 bits per heavy atom. The monoisotopic (exact) mass is 1120 g/mol. The van der Waals surface area contributed by atoms with Gasteiger partial charge < -0.3 is 65.1 Å². The van der Waals surface area contributed by atoms with Gasteiger partial charge in [0.05, 0.1) is 32.0 Å². The number of amides is 1. The molecule has 0 aromatic rings. The fourth-order valence-corrected chi connectivity index (χ4v) is 10.4. The molecule has 0 saturated carbocycles. The van der Waals surface area contributed by atoms with E-state index in [1.165, 1.54) is 141 Å². The molecule has 0 bridgehead atoms. The molecule has 9 N–H and O–H groups in total. The fourth-order valence-electron chi connectivity index (χ4n) is 10.4. The highest BCUT2D eigenvalue weighted by atomic mass is 16.7. The molecule has 2 rings (SSSR count). The Bertz CT molecular complexity index is 1560. The van der Waals surface area contributed by atoms with Crippen LogP contribution in [0, 0.1) is 0 Å². The number of aliphatic hydroxyl groups is 8. The van der Waals surface area contributed by atoms with Crippen LogP contribution in [0.3, 0.4) is 0 Å². The van der Waals surface area contributed by atoms with E-state index in [1.807, 2.05) is 0 Å². The van der Waals surface area contributed by atoms with Crippen LogP contribution < -0.4 is 5.32 Å². The molecular weight excluding hydrogens is 1000 g/mol. The Labute approximate surface area is 479 Å². The Kier molecular flexibility index (Phi) is 46.3. The summed E-state index contributed by atoms with van der Waals surface area (Å²) in [4.78, 5) is 13.3. The third-order valence-electron chi connectivity index (χ3n) is 15.5. The molecule has 12 atom stereocenters. The maximum atomic E-state index is 13.3. The predicted molar refractivity (Wildman–Crippen MR) is 318 cm³/mol. The first kappa shape index (κ1) is 72.8. The zero-order chi connectivity index (χ0) is 57.4. The van der Waals surface area contributed by atoms with Crippen LogP contribution in [-0.4, -0.2) is 140 Å². The van der Waals surface area contributed by atoms with Crippen molar-refractivity contribution in [3.8, 4) is 0 Å². The molecule has 14 nitrogen and oxygen atoms in total. The minimum absolute atomic E-state index is 0.237. The van der Waals surface area contributed by atoms with Gasteiger partial charge in [0.2, 0.25) is 5.91 Å². The maximum Gasteiger partial charge on any atom is 0.220 e. The van der Waals surface area contributed by atoms with Crippen molar-refractivity contribution in [2.75, 3.05) is 19.8 Å². The quantitative estimate of drug-likeness (QED) is 0.0204. The molecule has 0 aliphatic carbocycles. The highest BCUT2D eigenvalue weighted by molar-refractivity contribution is 5.76. The minimum Gasteiger partial charge on any atom is -0.394 e. The predicted octanol–water partition coefficient (Wildman–Crippen LogP) is 11.7. The molecule has 2 fully saturated rings. The summed E-state index contributed by atoms with van der Waals surface area (Å²) in [7, 11) is 0. The first-order valence-electron chi connectivity index (χ1n) is 32.0. The average Bonchev–Trinajstić information content (AvgIpc) is 3.47. The van der Waals surface area contributed by atoms with Crippen molar-refractivity contribution in [1.82, 2.24) is 5.32 Å². The summed E-state index contributed by atoms with van der Waals surface area (Å²) in [6.07, 6.45) is 48.0. The van der Waals surface area contributed by atoms with Gasteiger partial charge >= 0.3 is 0 Å². The molecule has 0 spiro atoms. The van der Waals surface area contributed by atoms with Crippen LogP contribution in [0.25, 0.3) is 0 Å². The van der Waals surface area contributed by atoms with Crippen molar-refractivity contribution in [2.24, 2.45) is 0 Å². The molecule has 1 amide bonds. The highest BCUT2D eigenvalue weighted by Crippen LogP contribution is 2.30. The van der Waals surface area contributed by atoms with E-state index in [-0.39, 0.29) is 18.9 Å². The Balaban J connectivity index is 1.72. The Morgan fingerprint density at radius 3 is 1.33 bits per heavy atom. The van der Waals surface area contributed by atoms with Gasteiger partial charge in [0.15, 0.2) is 12.6 Å². The van der Waals surface area contributed by atoms with Crippen molar-refractivity contribution >= 4 is 5.91 Å². The molecule has 0 aromatic carbocycles. The second-order valence-electron chi connectivity index (χ2n) is 22.5. The third-order valence-corrected chi connectivity index (χ3v) is 15.5. The summed E-state index contributed by atoms with van der Waals surface area (Å²) in [6.45, 7) is 2.74. The van der Waals surface area contributed by atoms with Gasteiger partial charge in [-0.1, -0.05) is 248 Å². The van der Waals surface area contributed by atoms with Gasteiger partial charge in [-0.25, -0.2) is 0 Å². The van der Waals surface area contributed by atoms with Crippen molar-refractivity contribution < 1.29 is 64.6 Å². The molecule has 460 valence electrons. The van der Waals surface area contributed by atoms with E-state index in [2.05, 4.69) is 79.9 Å². The summed E-state index contributed by atoms with van der Waals surface area (Å²) in [5.74, 6) is -0.237. The van der Waals surface area contributed by atoms with E-state index < -0.39 is 86.8 Å². The number of hydrogen-bond donors (Lipinski definition) is 9. The number of ether oxygens (including phenoxy) is 4. The molecule has 79 heavy (non-hydrogen) atoms. The molecule has 12 unspecified atom stereocenters. The first-order valence-corrected chi connectivity index (χ1v) is 32.0. The molecule has 2 aliphatic rings. The third kappa shape index (κ3) is 35.4. The largest absolute Gasteiger partial charge is 0.394 e. The molecule has 2 heterocycles. The van der Waals surface area contributed by atoms with Gasteiger partial charge in [0.25, 0.3) is 0 Å². The summed E-state index contributed by atoms with van der Waals surface area (Å²) in [5.41, 5.74) is 0. The van der Waals surface area contributed by atoms with Gasteiger partial charge in [-0.2, -0.15) is 0 Å². The molecule has 14 heteroatoms. The van der Waals surface area contributed by atoms with E-state index in [0.29, 0.717) is 12.8 Å². The normalized spacial score (nSPS) is 24.8. The molecule has 2 aliphatic heterocycles. The van der Waals surface area contributed by atoms with E-state index >= 15 is 0 Å². The number of carbonyl (C=O) groups excluding carboxylic acids is 1. The smallest absolute Gasteiger partial charge is 0.220 e. The lowest BCUT2D eigenvalue weighted by Crippen LogP contribution is -2.65. The SMILES string of the molecule is CC/C=C\C/C=C\C/C=C\C/C=C\C/C=C\CCCCCC(=O)NC(COC1OC(CO)C(OC2OC(CO)C(O)C(O)C2O)C(O)C1O)C(O)CCCCCCCCCCCCCCCCCCCCCCCCCCCC. The van der Waals surface area contributed by atoms with Crippen LogP contribution in [0.2, 0.25) is 0 Å². The zero-order valence-corrected chi connectivity index (χ0v) is 49.6. The van der Waals surface area contributed by atoms with Crippen LogP contribution >= 0.6 is 0 Å². The van der Waals surface area contributed by atoms with Crippen LogP contribution in [-0.2, 0) is 23.7 Å². The molecule has 0 radical (unpaired) electrons. The van der Waals surface area contributed by atoms with Gasteiger partial charge in [-0.05, 0) is 57.8 Å². The molecule has 2 saturated heterocycles. The number of rotatable bonds is 51. The summed E-state index contributed by atoms with van der Waals surface area (Å²) >= 11 is 0. The summed E-state index contributed by atoms with van der Waals surface area (Å²) in [5, 5.41) is 87.4. The number of hydrogen-bond acceptors (Lipinski definition) is 13. The highest BCUT2D eigenvalue weighted by Gasteiger charge is 2.51. The van der Waals surface area contributed by atoms with E-state index in [4.69, 9.17) is 18.9 Å². The van der Waals surface area contributed by atoms with Gasteiger partial charge in [-0.15, -0.1) is 0 Å². The fraction of sp³-hybridized carbons (Fsp3) is 0.831. The molecule has 0 aromatic heterocycles. The Morgan fingerprint density at radius 2 is 0.873 bits per heavy atom. The molecular formula is C65H117NO13. The van der Waals surface area contributed by atoms with Crippen molar-refractivity contribution in [2.45, 2.75) is 325 Å². The summed E-state index contributed by atoms with van der Waals surface area (Å²) in [6, 6.07) is -0.850. The lowest BCUT2D eigenvalue weighted by Gasteiger charge is -2.46. The lowest BCUT2D eigenvalue weighted by molar-refractivity contribution is -0.359. The minimum atomic E-state index is -1.79. The first-order chi connectivity index (χ1) is 38.6. The number of allylic oxidation sites excluding steroid dienone is 10. The van der Waals surface area contributed by atoms with Crippen molar-refractivity contribution in [3.63, 3.8) is 0 Å². The number of nitrogens with one attached hydrogen (secondary N) is 1. The van der Waals surface area contributed by atoms with E-state index in [9.17, 15) is 45.6 Å². The zero-order valence-electron chi connectivity index (χ0n) is 49.6. The van der Waals surface area contributed by atoms with Crippen LogP contribution in [0.1, 0.15) is 251 Å². The van der Waals surface area contributed by atoms with Crippen LogP contribution in [0.5, 0.6) is 0 Å². The summed E-state index contributed by atoms with van der Waals surface area (Å²) < 4.78 is 22.9. The van der Waals surface area contributed by atoms with Gasteiger partial charge in [-0.3, -0.25) is 4.79 Å². The van der Waals surface area contributed by atoms with Crippen molar-refractivity contribution in [3.05, 3.63) is 60.8 Å². The van der Waals surface area contributed by atoms with E-state index in [0.717, 1.165) is 77.0 Å². The average molecular weight is 1120 g/mol. The number of unbranched alkanes of at least 4 members (excludes halogenated alkanes) is 28. The van der Waals surface area contributed by atoms with Crippen LogP contribution in [0.15, 0.2) is 60.8 Å². The van der Waals surface area contributed by atoms with Gasteiger partial charge in [0, 0.05) is 6.42 Å². The number of aliphatic hydroxyl groups excluding tert-OH is 8. The topological polar surface area (TPSA) is 228 Å². The van der Waals surface area contributed by atoms with E-state index in [1.54, 1.807) is 0 Å². The maximum absolute atomic E-state index is 13.3. The van der Waals surface area contributed by atoms with Crippen molar-refractivity contribution in [1.29, 1.82) is 0 Å². The lowest BCUT2D eigenvalue weighted by atomic mass is 9.97.